The van der Waals surface area contributed by atoms with Crippen LogP contribution < -0.4 is 5.32 Å². The number of ketones is 1. The van der Waals surface area contributed by atoms with Gasteiger partial charge in [-0.3, -0.25) is 9.59 Å². The van der Waals surface area contributed by atoms with Gasteiger partial charge in [-0.15, -0.1) is 0 Å². The molecule has 1 amide bonds. The van der Waals surface area contributed by atoms with Gasteiger partial charge in [-0.25, -0.2) is 0 Å². The molecule has 0 aromatic heterocycles. The van der Waals surface area contributed by atoms with Gasteiger partial charge in [0.1, 0.15) is 5.78 Å². The summed E-state index contributed by atoms with van der Waals surface area (Å²) < 4.78 is 0. The molecule has 0 saturated carbocycles. The maximum atomic E-state index is 12.2. The highest BCUT2D eigenvalue weighted by Gasteiger charge is 2.21. The molecule has 4 heteroatoms. The molecule has 2 aromatic carbocycles. The number of carbonyl (C=O) groups excluding carboxylic acids is 2. The molecule has 0 saturated heterocycles. The largest absolute Gasteiger partial charge is 0.353 e. The van der Waals surface area contributed by atoms with Gasteiger partial charge in [0.05, 0.1) is 6.42 Å². The highest BCUT2D eigenvalue weighted by molar-refractivity contribution is 6.30. The van der Waals surface area contributed by atoms with Crippen molar-refractivity contribution in [3.63, 3.8) is 0 Å². The summed E-state index contributed by atoms with van der Waals surface area (Å²) in [6.45, 7) is 7.71. The van der Waals surface area contributed by atoms with Crippen LogP contribution >= 0.6 is 11.6 Å². The zero-order chi connectivity index (χ0) is 20.0. The standard InChI is InChI=1S/C23H28ClNO2/c1-16(5-14-21(26)23(2,3)4)25-22(27)15-17-6-8-18(9-7-17)19-10-12-20(24)13-11-19/h6-13,16H,5,14-15H2,1-4H3,(H,25,27)/t16-/m1/s1. The molecule has 1 N–H and O–H groups in total. The Kier molecular flexibility index (Phi) is 7.20. The van der Waals surface area contributed by atoms with Gasteiger partial charge < -0.3 is 5.32 Å². The van der Waals surface area contributed by atoms with E-state index in [-0.39, 0.29) is 23.1 Å². The molecule has 2 aromatic rings. The Morgan fingerprint density at radius 3 is 2.00 bits per heavy atom. The van der Waals surface area contributed by atoms with Gasteiger partial charge in [0, 0.05) is 22.9 Å². The van der Waals surface area contributed by atoms with Crippen molar-refractivity contribution in [1.29, 1.82) is 0 Å². The number of amides is 1. The predicted molar refractivity (Wildman–Crippen MR) is 112 cm³/mol. The zero-order valence-electron chi connectivity index (χ0n) is 16.5. The van der Waals surface area contributed by atoms with E-state index < -0.39 is 0 Å². The summed E-state index contributed by atoms with van der Waals surface area (Å²) in [5, 5.41) is 3.70. The number of hydrogen-bond acceptors (Lipinski definition) is 2. The zero-order valence-corrected chi connectivity index (χ0v) is 17.3. The van der Waals surface area contributed by atoms with Crippen LogP contribution in [0, 0.1) is 5.41 Å². The Labute approximate surface area is 167 Å². The van der Waals surface area contributed by atoms with Gasteiger partial charge in [-0.1, -0.05) is 68.8 Å². The topological polar surface area (TPSA) is 46.2 Å². The van der Waals surface area contributed by atoms with Crippen LogP contribution in [0.2, 0.25) is 5.02 Å². The van der Waals surface area contributed by atoms with E-state index in [0.717, 1.165) is 16.7 Å². The minimum Gasteiger partial charge on any atom is -0.353 e. The van der Waals surface area contributed by atoms with E-state index in [4.69, 9.17) is 11.6 Å². The summed E-state index contributed by atoms with van der Waals surface area (Å²) in [7, 11) is 0. The lowest BCUT2D eigenvalue weighted by Gasteiger charge is -2.19. The molecule has 0 heterocycles. The van der Waals surface area contributed by atoms with Crippen LogP contribution in [0.15, 0.2) is 48.5 Å². The molecule has 0 bridgehead atoms. The summed E-state index contributed by atoms with van der Waals surface area (Å²) >= 11 is 5.92. The minimum atomic E-state index is -0.324. The Morgan fingerprint density at radius 1 is 0.963 bits per heavy atom. The molecule has 144 valence electrons. The molecule has 0 aliphatic carbocycles. The first-order valence-electron chi connectivity index (χ1n) is 9.32. The highest BCUT2D eigenvalue weighted by atomic mass is 35.5. The molecule has 3 nitrogen and oxygen atoms in total. The third kappa shape index (κ3) is 6.84. The molecule has 0 aliphatic rings. The lowest BCUT2D eigenvalue weighted by atomic mass is 9.87. The Balaban J connectivity index is 1.85. The van der Waals surface area contributed by atoms with Gasteiger partial charge >= 0.3 is 0 Å². The lowest BCUT2D eigenvalue weighted by molar-refractivity contribution is -0.127. The monoisotopic (exact) mass is 385 g/mol. The molecular formula is C23H28ClNO2. The summed E-state index contributed by atoms with van der Waals surface area (Å²) in [5.74, 6) is 0.200. The third-order valence-corrected chi connectivity index (χ3v) is 4.80. The molecular weight excluding hydrogens is 358 g/mol. The Bertz CT molecular complexity index is 774. The van der Waals surface area contributed by atoms with Crippen molar-refractivity contribution in [3.8, 4) is 11.1 Å². The molecule has 27 heavy (non-hydrogen) atoms. The molecule has 0 fully saturated rings. The van der Waals surface area contributed by atoms with Gasteiger partial charge in [0.2, 0.25) is 5.91 Å². The third-order valence-electron chi connectivity index (χ3n) is 4.54. The van der Waals surface area contributed by atoms with Gasteiger partial charge in [0.25, 0.3) is 0 Å². The second-order valence-electron chi connectivity index (χ2n) is 8.06. The number of rotatable bonds is 7. The highest BCUT2D eigenvalue weighted by Crippen LogP contribution is 2.22. The van der Waals surface area contributed by atoms with Crippen molar-refractivity contribution >= 4 is 23.3 Å². The number of benzene rings is 2. The SMILES string of the molecule is C[C@H](CCC(=O)C(C)(C)C)NC(=O)Cc1ccc(-c2ccc(Cl)cc2)cc1. The lowest BCUT2D eigenvalue weighted by Crippen LogP contribution is -2.34. The predicted octanol–water partition coefficient (Wildman–Crippen LogP) is 5.45. The van der Waals surface area contributed by atoms with E-state index in [9.17, 15) is 9.59 Å². The van der Waals surface area contributed by atoms with Crippen molar-refractivity contribution in [1.82, 2.24) is 5.32 Å². The molecule has 1 atom stereocenters. The number of carbonyl (C=O) groups is 2. The van der Waals surface area contributed by atoms with Crippen LogP contribution in [-0.2, 0) is 16.0 Å². The average Bonchev–Trinajstić information content (AvgIpc) is 2.60. The quantitative estimate of drug-likeness (QED) is 0.688. The molecule has 0 aliphatic heterocycles. The number of hydrogen-bond donors (Lipinski definition) is 1. The molecule has 0 radical (unpaired) electrons. The fourth-order valence-electron chi connectivity index (χ4n) is 2.76. The molecule has 2 rings (SSSR count). The first-order chi connectivity index (χ1) is 12.6. The number of nitrogens with one attached hydrogen (secondary N) is 1. The maximum absolute atomic E-state index is 12.2. The maximum Gasteiger partial charge on any atom is 0.224 e. The Morgan fingerprint density at radius 2 is 1.48 bits per heavy atom. The summed E-state index contributed by atoms with van der Waals surface area (Å²) in [4.78, 5) is 24.2. The summed E-state index contributed by atoms with van der Waals surface area (Å²) in [5.41, 5.74) is 2.82. The van der Waals surface area contributed by atoms with E-state index in [2.05, 4.69) is 5.32 Å². The fourth-order valence-corrected chi connectivity index (χ4v) is 2.89. The van der Waals surface area contributed by atoms with Crippen molar-refractivity contribution in [2.24, 2.45) is 5.41 Å². The van der Waals surface area contributed by atoms with E-state index >= 15 is 0 Å². The van der Waals surface area contributed by atoms with Crippen LogP contribution in [0.4, 0.5) is 0 Å². The first kappa shape index (κ1) is 21.2. The number of Topliss-reactive ketones (excluding diaryl/α,β-unsaturated/α-hetero) is 1. The van der Waals surface area contributed by atoms with Gasteiger partial charge in [-0.2, -0.15) is 0 Å². The number of halogens is 1. The van der Waals surface area contributed by atoms with Crippen LogP contribution in [-0.4, -0.2) is 17.7 Å². The van der Waals surface area contributed by atoms with Crippen LogP contribution in [0.1, 0.15) is 46.1 Å². The smallest absolute Gasteiger partial charge is 0.224 e. The minimum absolute atomic E-state index is 0.0165. The van der Waals surface area contributed by atoms with E-state index in [0.29, 0.717) is 24.3 Å². The van der Waals surface area contributed by atoms with Gasteiger partial charge in [-0.05, 0) is 42.2 Å². The molecule has 0 unspecified atom stereocenters. The normalized spacial score (nSPS) is 12.5. The second kappa shape index (κ2) is 9.18. The fraction of sp³-hybridized carbons (Fsp3) is 0.391. The second-order valence-corrected chi connectivity index (χ2v) is 8.50. The van der Waals surface area contributed by atoms with E-state index in [1.54, 1.807) is 0 Å². The van der Waals surface area contributed by atoms with Gasteiger partial charge in [0.15, 0.2) is 0 Å². The van der Waals surface area contributed by atoms with Crippen LogP contribution in [0.3, 0.4) is 0 Å². The Hall–Kier alpha value is -2.13. The van der Waals surface area contributed by atoms with Crippen molar-refractivity contribution in [2.75, 3.05) is 0 Å². The van der Waals surface area contributed by atoms with Crippen molar-refractivity contribution in [2.45, 2.75) is 53.0 Å². The van der Waals surface area contributed by atoms with E-state index in [1.807, 2.05) is 76.2 Å². The van der Waals surface area contributed by atoms with Crippen molar-refractivity contribution < 1.29 is 9.59 Å². The average molecular weight is 386 g/mol. The summed E-state index contributed by atoms with van der Waals surface area (Å²) in [6.07, 6.45) is 1.48. The first-order valence-corrected chi connectivity index (χ1v) is 9.70. The van der Waals surface area contributed by atoms with Crippen LogP contribution in [0.5, 0.6) is 0 Å². The van der Waals surface area contributed by atoms with Crippen molar-refractivity contribution in [3.05, 3.63) is 59.1 Å². The van der Waals surface area contributed by atoms with Crippen LogP contribution in [0.25, 0.3) is 11.1 Å². The summed E-state index contributed by atoms with van der Waals surface area (Å²) in [6, 6.07) is 15.6. The molecule has 0 spiro atoms. The van der Waals surface area contributed by atoms with E-state index in [1.165, 1.54) is 0 Å².